The zero-order valence-electron chi connectivity index (χ0n) is 12.7. The Morgan fingerprint density at radius 3 is 1.88 bits per heavy atom. The van der Waals surface area contributed by atoms with Crippen LogP contribution in [-0.2, 0) is 22.7 Å². The van der Waals surface area contributed by atoms with Crippen LogP contribution in [0.4, 0.5) is 8.78 Å². The molecule has 0 spiro atoms. The number of ether oxygens (including phenoxy) is 2. The molecule has 0 atom stereocenters. The fourth-order valence-corrected chi connectivity index (χ4v) is 2.17. The van der Waals surface area contributed by atoms with Gasteiger partial charge in [0.25, 0.3) is 0 Å². The van der Waals surface area contributed by atoms with E-state index >= 15 is 0 Å². The summed E-state index contributed by atoms with van der Waals surface area (Å²) in [5, 5.41) is 8.23. The molecule has 2 aromatic heterocycles. The molecule has 11 heteroatoms. The summed E-state index contributed by atoms with van der Waals surface area (Å²) in [4.78, 5) is 7.03. The first-order chi connectivity index (χ1) is 11.8. The highest BCUT2D eigenvalue weighted by Gasteiger charge is 2.08. The molecular weight excluding hydrogens is 424 g/mol. The molecule has 0 aliphatic carbocycles. The number of pyridine rings is 2. The molecule has 0 aliphatic rings. The highest BCUT2D eigenvalue weighted by atomic mass is 35.5. The quantitative estimate of drug-likeness (QED) is 0.420. The number of aromatic nitrogens is 2. The van der Waals surface area contributed by atoms with Crippen molar-refractivity contribution in [3.05, 3.63) is 55.5 Å². The summed E-state index contributed by atoms with van der Waals surface area (Å²) in [6.07, 6.45) is 0. The van der Waals surface area contributed by atoms with Crippen LogP contribution < -0.4 is 0 Å². The smallest absolute Gasteiger partial charge is 0.166 e. The molecule has 25 heavy (non-hydrogen) atoms. The number of nitrogens with zero attached hydrogens (tertiary/aromatic N) is 2. The number of rotatable bonds is 5. The number of aliphatic hydroxyl groups excluding tert-OH is 1. The van der Waals surface area contributed by atoms with Gasteiger partial charge in [-0.2, -0.15) is 0 Å². The van der Waals surface area contributed by atoms with Gasteiger partial charge in [0.2, 0.25) is 0 Å². The Morgan fingerprint density at radius 1 is 0.920 bits per heavy atom. The van der Waals surface area contributed by atoms with Crippen molar-refractivity contribution in [1.82, 2.24) is 9.97 Å². The molecule has 5 nitrogen and oxygen atoms in total. The average molecular weight is 436 g/mol. The lowest BCUT2D eigenvalue weighted by atomic mass is 10.3. The van der Waals surface area contributed by atoms with E-state index in [9.17, 15) is 8.78 Å². The van der Waals surface area contributed by atoms with Crippen LogP contribution in [0.25, 0.3) is 0 Å². The van der Waals surface area contributed by atoms with Crippen LogP contribution in [0, 0.1) is 11.6 Å². The van der Waals surface area contributed by atoms with Crippen molar-refractivity contribution < 1.29 is 23.4 Å². The van der Waals surface area contributed by atoms with Crippen LogP contribution >= 0.6 is 46.4 Å². The van der Waals surface area contributed by atoms with Crippen molar-refractivity contribution in [2.24, 2.45) is 0 Å². The molecule has 0 aliphatic heterocycles. The van der Waals surface area contributed by atoms with E-state index in [2.05, 4.69) is 14.7 Å². The van der Waals surface area contributed by atoms with Crippen LogP contribution in [0.1, 0.15) is 11.1 Å². The minimum Gasteiger partial charge on any atom is -0.392 e. The number of hydrogen-bond acceptors (Lipinski definition) is 5. The topological polar surface area (TPSA) is 64.5 Å². The third-order valence-electron chi connectivity index (χ3n) is 2.55. The van der Waals surface area contributed by atoms with E-state index in [0.717, 1.165) is 6.07 Å². The van der Waals surface area contributed by atoms with Crippen LogP contribution in [0.3, 0.4) is 0 Å². The normalized spacial score (nSPS) is 10.4. The largest absolute Gasteiger partial charge is 0.392 e. The summed E-state index contributed by atoms with van der Waals surface area (Å²) in [5.41, 5.74) is 0.666. The van der Waals surface area contributed by atoms with Crippen LogP contribution in [0.5, 0.6) is 0 Å². The minimum absolute atomic E-state index is 0.0268. The van der Waals surface area contributed by atoms with E-state index in [-0.39, 0.29) is 46.2 Å². The molecule has 0 aromatic carbocycles. The maximum absolute atomic E-state index is 12.9. The van der Waals surface area contributed by atoms with Gasteiger partial charge in [-0.25, -0.2) is 18.7 Å². The number of hydrogen-bond donors (Lipinski definition) is 1. The summed E-state index contributed by atoms with van der Waals surface area (Å²) in [6, 6.07) is 2.24. The van der Waals surface area contributed by atoms with Crippen molar-refractivity contribution in [1.29, 1.82) is 0 Å². The predicted molar refractivity (Wildman–Crippen MR) is 91.0 cm³/mol. The van der Waals surface area contributed by atoms with Gasteiger partial charge in [0.1, 0.15) is 17.1 Å². The molecule has 2 aromatic rings. The van der Waals surface area contributed by atoms with Gasteiger partial charge < -0.3 is 14.6 Å². The monoisotopic (exact) mass is 434 g/mol. The number of halogens is 6. The molecular formula is C14H12Cl4F2N2O3. The predicted octanol–water partition coefficient (Wildman–Crippen LogP) is 4.67. The lowest BCUT2D eigenvalue weighted by Gasteiger charge is -2.05. The van der Waals surface area contributed by atoms with Gasteiger partial charge in [-0.15, -0.1) is 0 Å². The third-order valence-corrected chi connectivity index (χ3v) is 3.73. The van der Waals surface area contributed by atoms with Gasteiger partial charge in [0.15, 0.2) is 21.9 Å². The van der Waals surface area contributed by atoms with Gasteiger partial charge in [0, 0.05) is 18.2 Å². The number of aliphatic hydroxyl groups is 1. The Morgan fingerprint density at radius 2 is 1.40 bits per heavy atom. The van der Waals surface area contributed by atoms with Crippen molar-refractivity contribution in [2.45, 2.75) is 13.2 Å². The average Bonchev–Trinajstić information content (AvgIpc) is 2.56. The lowest BCUT2D eigenvalue weighted by Crippen LogP contribution is -1.99. The third kappa shape index (κ3) is 7.15. The number of methoxy groups -OCH3 is 1. The Kier molecular flexibility index (Phi) is 9.81. The zero-order chi connectivity index (χ0) is 19.0. The standard InChI is InChI=1S/C8H8Cl2FNO2.C6H4Cl2FNO/c1-13-4-14-3-5-2-6(11)8(10)12-7(5)9;7-5-3(2-11)1-4(9)6(8)10-5/h2H,3-4H2,1H3;1,11H,2H2. The van der Waals surface area contributed by atoms with Crippen molar-refractivity contribution in [3.8, 4) is 0 Å². The van der Waals surface area contributed by atoms with Gasteiger partial charge in [-0.1, -0.05) is 46.4 Å². The Balaban J connectivity index is 0.000000257. The SMILES string of the molecule is COCOCc1cc(F)c(Cl)nc1Cl.OCc1cc(F)c(Cl)nc1Cl. The minimum atomic E-state index is -0.680. The maximum atomic E-state index is 12.9. The highest BCUT2D eigenvalue weighted by molar-refractivity contribution is 6.33. The van der Waals surface area contributed by atoms with Crippen LogP contribution in [0.2, 0.25) is 20.6 Å². The second kappa shape index (κ2) is 11.0. The van der Waals surface area contributed by atoms with Gasteiger partial charge >= 0.3 is 0 Å². The van der Waals surface area contributed by atoms with Gasteiger partial charge in [-0.05, 0) is 12.1 Å². The van der Waals surface area contributed by atoms with Crippen molar-refractivity contribution in [2.75, 3.05) is 13.9 Å². The summed E-state index contributed by atoms with van der Waals surface area (Å²) in [6.45, 7) is -0.103. The molecule has 2 rings (SSSR count). The summed E-state index contributed by atoms with van der Waals surface area (Å²) in [5.74, 6) is -1.30. The molecule has 0 unspecified atom stereocenters. The van der Waals surface area contributed by atoms with E-state index in [1.165, 1.54) is 13.2 Å². The van der Waals surface area contributed by atoms with E-state index in [0.29, 0.717) is 5.56 Å². The second-order valence-corrected chi connectivity index (χ2v) is 5.77. The molecule has 0 fully saturated rings. The van der Waals surface area contributed by atoms with E-state index in [1.54, 1.807) is 0 Å². The maximum Gasteiger partial charge on any atom is 0.166 e. The van der Waals surface area contributed by atoms with E-state index < -0.39 is 11.6 Å². The highest BCUT2D eigenvalue weighted by Crippen LogP contribution is 2.21. The second-order valence-electron chi connectivity index (χ2n) is 4.33. The molecule has 138 valence electrons. The van der Waals surface area contributed by atoms with E-state index in [1.807, 2.05) is 0 Å². The summed E-state index contributed by atoms with van der Waals surface area (Å²) >= 11 is 21.9. The molecule has 0 saturated heterocycles. The first-order valence-electron chi connectivity index (χ1n) is 6.48. The first kappa shape index (κ1) is 22.2. The molecule has 0 saturated carbocycles. The Bertz CT molecular complexity index is 723. The van der Waals surface area contributed by atoms with E-state index in [4.69, 9.17) is 56.2 Å². The molecule has 0 bridgehead atoms. The van der Waals surface area contributed by atoms with Crippen molar-refractivity contribution in [3.63, 3.8) is 0 Å². The molecule has 0 radical (unpaired) electrons. The molecule has 1 N–H and O–H groups in total. The fraction of sp³-hybridized carbons (Fsp3) is 0.286. The van der Waals surface area contributed by atoms with Gasteiger partial charge in [-0.3, -0.25) is 0 Å². The molecule has 2 heterocycles. The molecule has 0 amide bonds. The zero-order valence-corrected chi connectivity index (χ0v) is 15.7. The van der Waals surface area contributed by atoms with Crippen molar-refractivity contribution >= 4 is 46.4 Å². The van der Waals surface area contributed by atoms with Crippen LogP contribution in [0.15, 0.2) is 12.1 Å². The summed E-state index contributed by atoms with van der Waals surface area (Å²) in [7, 11) is 1.49. The summed E-state index contributed by atoms with van der Waals surface area (Å²) < 4.78 is 35.2. The lowest BCUT2D eigenvalue weighted by molar-refractivity contribution is -0.0391. The Labute approximate surface area is 162 Å². The fourth-order valence-electron chi connectivity index (χ4n) is 1.41. The first-order valence-corrected chi connectivity index (χ1v) is 7.99. The Hall–Kier alpha value is -0.800. The van der Waals surface area contributed by atoms with Crippen LogP contribution in [-0.4, -0.2) is 29.0 Å². The van der Waals surface area contributed by atoms with Gasteiger partial charge in [0.05, 0.1) is 13.2 Å².